The fraction of sp³-hybridized carbons (Fsp3) is 0.818. The van der Waals surface area contributed by atoms with E-state index in [-0.39, 0.29) is 0 Å². The standard InChI is InChI=1S/C11H20N2O2/c1-7-13(11(5,6)8-12)9(14)15-10(2,3)4/h7H2,1-6H3. The molecule has 86 valence electrons. The third kappa shape index (κ3) is 4.20. The zero-order valence-corrected chi connectivity index (χ0v) is 10.4. The minimum atomic E-state index is -0.836. The molecule has 0 aromatic rings. The van der Waals surface area contributed by atoms with Crippen molar-refractivity contribution in [2.24, 2.45) is 0 Å². The minimum absolute atomic E-state index is 0.448. The summed E-state index contributed by atoms with van der Waals surface area (Å²) < 4.78 is 5.21. The number of nitriles is 1. The van der Waals surface area contributed by atoms with Crippen LogP contribution in [0.4, 0.5) is 4.79 Å². The molecule has 0 atom stereocenters. The van der Waals surface area contributed by atoms with Crippen molar-refractivity contribution >= 4 is 6.09 Å². The Balaban J connectivity index is 4.73. The molecule has 4 nitrogen and oxygen atoms in total. The van der Waals surface area contributed by atoms with Crippen LogP contribution in [-0.4, -0.2) is 28.7 Å². The van der Waals surface area contributed by atoms with Crippen LogP contribution in [0.25, 0.3) is 0 Å². The molecule has 0 unspecified atom stereocenters. The average Bonchev–Trinajstić information content (AvgIpc) is 2.01. The molecule has 0 radical (unpaired) electrons. The lowest BCUT2D eigenvalue weighted by Crippen LogP contribution is -2.48. The van der Waals surface area contributed by atoms with Crippen LogP contribution >= 0.6 is 0 Å². The van der Waals surface area contributed by atoms with Gasteiger partial charge in [-0.15, -0.1) is 0 Å². The third-order valence-corrected chi connectivity index (χ3v) is 1.88. The molecule has 0 fully saturated rings. The molecule has 15 heavy (non-hydrogen) atoms. The van der Waals surface area contributed by atoms with Crippen LogP contribution in [-0.2, 0) is 4.74 Å². The number of carbonyl (C=O) groups excluding carboxylic acids is 1. The number of ether oxygens (including phenoxy) is 1. The van der Waals surface area contributed by atoms with Gasteiger partial charge in [0.05, 0.1) is 6.07 Å². The Kier molecular flexibility index (Phi) is 4.15. The number of rotatable bonds is 2. The fourth-order valence-electron chi connectivity index (χ4n) is 1.13. The van der Waals surface area contributed by atoms with Crippen molar-refractivity contribution in [3.05, 3.63) is 0 Å². The Labute approximate surface area is 91.8 Å². The SMILES string of the molecule is CCN(C(=O)OC(C)(C)C)C(C)(C)C#N. The van der Waals surface area contributed by atoms with E-state index in [2.05, 4.69) is 6.07 Å². The summed E-state index contributed by atoms with van der Waals surface area (Å²) in [5, 5.41) is 8.94. The lowest BCUT2D eigenvalue weighted by atomic mass is 10.1. The number of hydrogen-bond acceptors (Lipinski definition) is 3. The Morgan fingerprint density at radius 1 is 1.33 bits per heavy atom. The maximum Gasteiger partial charge on any atom is 0.411 e. The van der Waals surface area contributed by atoms with Crippen LogP contribution in [0.2, 0.25) is 0 Å². The summed E-state index contributed by atoms with van der Waals surface area (Å²) in [7, 11) is 0. The molecule has 4 heteroatoms. The van der Waals surface area contributed by atoms with Gasteiger partial charge in [-0.05, 0) is 41.5 Å². The van der Waals surface area contributed by atoms with E-state index in [1.54, 1.807) is 34.6 Å². The van der Waals surface area contributed by atoms with Crippen LogP contribution in [0, 0.1) is 11.3 Å². The molecule has 0 heterocycles. The Hall–Kier alpha value is -1.24. The highest BCUT2D eigenvalue weighted by Gasteiger charge is 2.32. The molecule has 0 spiro atoms. The van der Waals surface area contributed by atoms with E-state index in [1.807, 2.05) is 6.92 Å². The first kappa shape index (κ1) is 13.8. The van der Waals surface area contributed by atoms with Gasteiger partial charge in [0.15, 0.2) is 0 Å². The van der Waals surface area contributed by atoms with Crippen LogP contribution in [0.5, 0.6) is 0 Å². The molecule has 0 saturated heterocycles. The monoisotopic (exact) mass is 212 g/mol. The quantitative estimate of drug-likeness (QED) is 0.706. The minimum Gasteiger partial charge on any atom is -0.444 e. The summed E-state index contributed by atoms with van der Waals surface area (Å²) in [6.07, 6.45) is -0.448. The van der Waals surface area contributed by atoms with Crippen LogP contribution in [0.1, 0.15) is 41.5 Å². The van der Waals surface area contributed by atoms with Crippen molar-refractivity contribution in [3.63, 3.8) is 0 Å². The molecule has 0 saturated carbocycles. The van der Waals surface area contributed by atoms with Gasteiger partial charge in [-0.2, -0.15) is 5.26 Å². The highest BCUT2D eigenvalue weighted by Crippen LogP contribution is 2.17. The normalized spacial score (nSPS) is 11.8. The topological polar surface area (TPSA) is 53.3 Å². The van der Waals surface area contributed by atoms with Gasteiger partial charge in [0.1, 0.15) is 11.1 Å². The van der Waals surface area contributed by atoms with E-state index in [4.69, 9.17) is 10.00 Å². The smallest absolute Gasteiger partial charge is 0.411 e. The van der Waals surface area contributed by atoms with Crippen molar-refractivity contribution in [2.45, 2.75) is 52.7 Å². The Bertz CT molecular complexity index is 271. The van der Waals surface area contributed by atoms with Gasteiger partial charge < -0.3 is 4.74 Å². The summed E-state index contributed by atoms with van der Waals surface area (Å²) in [4.78, 5) is 13.2. The summed E-state index contributed by atoms with van der Waals surface area (Å²) in [6.45, 7) is 11.1. The van der Waals surface area contributed by atoms with Gasteiger partial charge in [-0.1, -0.05) is 0 Å². The fourth-order valence-corrected chi connectivity index (χ4v) is 1.13. The lowest BCUT2D eigenvalue weighted by Gasteiger charge is -2.33. The zero-order chi connectivity index (χ0) is 12.3. The van der Waals surface area contributed by atoms with Crippen molar-refractivity contribution in [1.29, 1.82) is 5.26 Å². The van der Waals surface area contributed by atoms with E-state index in [0.717, 1.165) is 0 Å². The second-order valence-corrected chi connectivity index (χ2v) is 4.90. The van der Waals surface area contributed by atoms with E-state index in [1.165, 1.54) is 4.90 Å². The van der Waals surface area contributed by atoms with Crippen LogP contribution < -0.4 is 0 Å². The summed E-state index contributed by atoms with van der Waals surface area (Å²) in [5.41, 5.74) is -1.37. The van der Waals surface area contributed by atoms with Crippen molar-refractivity contribution in [2.75, 3.05) is 6.54 Å². The van der Waals surface area contributed by atoms with E-state index in [9.17, 15) is 4.79 Å². The molecule has 1 amide bonds. The number of amides is 1. The molecule has 0 N–H and O–H groups in total. The van der Waals surface area contributed by atoms with Crippen molar-refractivity contribution in [3.8, 4) is 6.07 Å². The molecular weight excluding hydrogens is 192 g/mol. The van der Waals surface area contributed by atoms with Crippen LogP contribution in [0.15, 0.2) is 0 Å². The molecule has 0 aromatic heterocycles. The molecule has 0 aromatic carbocycles. The maximum absolute atomic E-state index is 11.7. The number of carbonyl (C=O) groups is 1. The highest BCUT2D eigenvalue weighted by molar-refractivity contribution is 5.69. The van der Waals surface area contributed by atoms with Gasteiger partial charge in [0.2, 0.25) is 0 Å². The van der Waals surface area contributed by atoms with Gasteiger partial charge in [0, 0.05) is 6.54 Å². The molecule has 0 aliphatic heterocycles. The average molecular weight is 212 g/mol. The lowest BCUT2D eigenvalue weighted by molar-refractivity contribution is 0.0130. The molecule has 0 rings (SSSR count). The summed E-state index contributed by atoms with van der Waals surface area (Å²) in [6, 6.07) is 2.08. The summed E-state index contributed by atoms with van der Waals surface area (Å²) >= 11 is 0. The van der Waals surface area contributed by atoms with E-state index in [0.29, 0.717) is 6.54 Å². The first-order valence-electron chi connectivity index (χ1n) is 5.06. The second kappa shape index (κ2) is 4.52. The van der Waals surface area contributed by atoms with Crippen LogP contribution in [0.3, 0.4) is 0 Å². The third-order valence-electron chi connectivity index (χ3n) is 1.88. The first-order valence-corrected chi connectivity index (χ1v) is 5.06. The van der Waals surface area contributed by atoms with Gasteiger partial charge in [0.25, 0.3) is 0 Å². The van der Waals surface area contributed by atoms with E-state index >= 15 is 0 Å². The summed E-state index contributed by atoms with van der Waals surface area (Å²) in [5.74, 6) is 0. The van der Waals surface area contributed by atoms with Gasteiger partial charge in [-0.25, -0.2) is 4.79 Å². The first-order chi connectivity index (χ1) is 6.64. The number of hydrogen-bond donors (Lipinski definition) is 0. The Morgan fingerprint density at radius 3 is 2.07 bits per heavy atom. The molecule has 0 aliphatic carbocycles. The second-order valence-electron chi connectivity index (χ2n) is 4.90. The molecule has 0 aliphatic rings. The predicted molar refractivity (Wildman–Crippen MR) is 58.3 cm³/mol. The maximum atomic E-state index is 11.7. The Morgan fingerprint density at radius 2 is 1.80 bits per heavy atom. The highest BCUT2D eigenvalue weighted by atomic mass is 16.6. The van der Waals surface area contributed by atoms with E-state index < -0.39 is 17.2 Å². The van der Waals surface area contributed by atoms with Crippen molar-refractivity contribution in [1.82, 2.24) is 4.90 Å². The van der Waals surface area contributed by atoms with Crippen molar-refractivity contribution < 1.29 is 9.53 Å². The predicted octanol–water partition coefficient (Wildman–Crippen LogP) is 2.55. The van der Waals surface area contributed by atoms with Gasteiger partial charge in [-0.3, -0.25) is 4.90 Å². The largest absolute Gasteiger partial charge is 0.444 e. The number of nitrogens with zero attached hydrogens (tertiary/aromatic N) is 2. The molecular formula is C11H20N2O2. The molecule has 0 bridgehead atoms. The van der Waals surface area contributed by atoms with Gasteiger partial charge >= 0.3 is 6.09 Å². The zero-order valence-electron chi connectivity index (χ0n) is 10.4.